The number of nitrogens with one attached hydrogen (secondary N) is 1. The number of rotatable bonds is 13. The number of unbranched alkanes of at least 4 members (excludes halogenated alkanes) is 1. The fourth-order valence-corrected chi connectivity index (χ4v) is 2.31. The van der Waals surface area contributed by atoms with E-state index in [1.54, 1.807) is 11.3 Å². The molecule has 20 heavy (non-hydrogen) atoms. The van der Waals surface area contributed by atoms with Crippen LogP contribution in [0.25, 0.3) is 0 Å². The summed E-state index contributed by atoms with van der Waals surface area (Å²) in [5.41, 5.74) is 0. The first-order valence-corrected chi connectivity index (χ1v) is 8.27. The molecule has 0 radical (unpaired) electrons. The highest BCUT2D eigenvalue weighted by atomic mass is 32.1. The first-order chi connectivity index (χ1) is 9.83. The zero-order chi connectivity index (χ0) is 14.5. The molecule has 1 rings (SSSR count). The molecule has 0 spiro atoms. The molecular formula is C15H27NO3S. The van der Waals surface area contributed by atoms with Gasteiger partial charge in [-0.05, 0) is 30.8 Å². The molecule has 1 aromatic heterocycles. The molecule has 0 bridgehead atoms. The van der Waals surface area contributed by atoms with Gasteiger partial charge in [0.15, 0.2) is 0 Å². The van der Waals surface area contributed by atoms with Gasteiger partial charge in [-0.15, -0.1) is 11.3 Å². The lowest BCUT2D eigenvalue weighted by molar-refractivity contribution is 0.0296. The SMILES string of the molecule is CCCCOCCCNCC(O)COCc1cccs1. The normalized spacial score (nSPS) is 12.7. The van der Waals surface area contributed by atoms with Crippen LogP contribution < -0.4 is 5.32 Å². The lowest BCUT2D eigenvalue weighted by Crippen LogP contribution is -2.31. The Balaban J connectivity index is 1.84. The second kappa shape index (κ2) is 12.3. The van der Waals surface area contributed by atoms with Crippen molar-refractivity contribution in [1.29, 1.82) is 0 Å². The fourth-order valence-electron chi connectivity index (χ4n) is 1.67. The Morgan fingerprint density at radius 1 is 1.30 bits per heavy atom. The van der Waals surface area contributed by atoms with Crippen LogP contribution in [0.1, 0.15) is 31.1 Å². The minimum atomic E-state index is -0.448. The molecule has 0 aliphatic rings. The molecule has 2 N–H and O–H groups in total. The maximum absolute atomic E-state index is 9.74. The average molecular weight is 301 g/mol. The van der Waals surface area contributed by atoms with Crippen molar-refractivity contribution in [3.63, 3.8) is 0 Å². The van der Waals surface area contributed by atoms with Gasteiger partial charge in [-0.1, -0.05) is 19.4 Å². The maximum atomic E-state index is 9.74. The number of ether oxygens (including phenoxy) is 2. The molecule has 1 aromatic rings. The van der Waals surface area contributed by atoms with Gasteiger partial charge in [0.05, 0.1) is 19.3 Å². The van der Waals surface area contributed by atoms with Gasteiger partial charge in [0.25, 0.3) is 0 Å². The summed E-state index contributed by atoms with van der Waals surface area (Å²) in [4.78, 5) is 1.19. The summed E-state index contributed by atoms with van der Waals surface area (Å²) in [6.45, 7) is 6.20. The molecular weight excluding hydrogens is 274 g/mol. The van der Waals surface area contributed by atoms with Crippen molar-refractivity contribution in [2.45, 2.75) is 38.9 Å². The highest BCUT2D eigenvalue weighted by Gasteiger charge is 2.04. The van der Waals surface area contributed by atoms with Crippen molar-refractivity contribution in [2.75, 3.05) is 32.9 Å². The molecule has 4 nitrogen and oxygen atoms in total. The molecule has 0 saturated heterocycles. The molecule has 116 valence electrons. The van der Waals surface area contributed by atoms with E-state index in [2.05, 4.69) is 12.2 Å². The summed E-state index contributed by atoms with van der Waals surface area (Å²) in [5.74, 6) is 0. The third-order valence-electron chi connectivity index (χ3n) is 2.80. The van der Waals surface area contributed by atoms with E-state index in [0.29, 0.717) is 19.8 Å². The summed E-state index contributed by atoms with van der Waals surface area (Å²) in [5, 5.41) is 15.0. The monoisotopic (exact) mass is 301 g/mol. The second-order valence-electron chi connectivity index (χ2n) is 4.77. The van der Waals surface area contributed by atoms with Crippen LogP contribution in [0.4, 0.5) is 0 Å². The van der Waals surface area contributed by atoms with Crippen LogP contribution in [0.2, 0.25) is 0 Å². The number of thiophene rings is 1. The molecule has 1 atom stereocenters. The highest BCUT2D eigenvalue weighted by molar-refractivity contribution is 7.09. The van der Waals surface area contributed by atoms with Gasteiger partial charge in [-0.2, -0.15) is 0 Å². The summed E-state index contributed by atoms with van der Waals surface area (Å²) in [6.07, 6.45) is 2.84. The third-order valence-corrected chi connectivity index (χ3v) is 3.65. The molecule has 5 heteroatoms. The fraction of sp³-hybridized carbons (Fsp3) is 0.733. The van der Waals surface area contributed by atoms with Gasteiger partial charge < -0.3 is 19.9 Å². The Kier molecular flexibility index (Phi) is 10.8. The first kappa shape index (κ1) is 17.6. The molecule has 0 aliphatic heterocycles. The summed E-state index contributed by atoms with van der Waals surface area (Å²) < 4.78 is 10.9. The van der Waals surface area contributed by atoms with Crippen molar-refractivity contribution in [1.82, 2.24) is 5.32 Å². The van der Waals surface area contributed by atoms with Crippen LogP contribution in [0, 0.1) is 0 Å². The van der Waals surface area contributed by atoms with E-state index < -0.39 is 6.10 Å². The minimum absolute atomic E-state index is 0.373. The summed E-state index contributed by atoms with van der Waals surface area (Å²) in [6, 6.07) is 4.04. The van der Waals surface area contributed by atoms with Crippen molar-refractivity contribution in [3.05, 3.63) is 22.4 Å². The van der Waals surface area contributed by atoms with Gasteiger partial charge in [-0.3, -0.25) is 0 Å². The smallest absolute Gasteiger partial charge is 0.0897 e. The minimum Gasteiger partial charge on any atom is -0.389 e. The van der Waals surface area contributed by atoms with E-state index in [1.165, 1.54) is 11.3 Å². The van der Waals surface area contributed by atoms with Crippen LogP contribution in [-0.4, -0.2) is 44.1 Å². The summed E-state index contributed by atoms with van der Waals surface area (Å²) in [7, 11) is 0. The number of hydrogen-bond donors (Lipinski definition) is 2. The Morgan fingerprint density at radius 2 is 2.15 bits per heavy atom. The molecule has 1 unspecified atom stereocenters. The second-order valence-corrected chi connectivity index (χ2v) is 5.80. The van der Waals surface area contributed by atoms with Crippen LogP contribution in [0.3, 0.4) is 0 Å². The van der Waals surface area contributed by atoms with E-state index in [-0.39, 0.29) is 0 Å². The van der Waals surface area contributed by atoms with E-state index in [4.69, 9.17) is 9.47 Å². The predicted octanol–water partition coefficient (Wildman–Crippen LogP) is 2.42. The van der Waals surface area contributed by atoms with E-state index in [1.807, 2.05) is 17.5 Å². The van der Waals surface area contributed by atoms with Crippen molar-refractivity contribution in [3.8, 4) is 0 Å². The van der Waals surface area contributed by atoms with Gasteiger partial charge in [0.1, 0.15) is 0 Å². The first-order valence-electron chi connectivity index (χ1n) is 7.39. The molecule has 0 saturated carbocycles. The molecule has 1 heterocycles. The Morgan fingerprint density at radius 3 is 2.90 bits per heavy atom. The molecule has 0 amide bonds. The van der Waals surface area contributed by atoms with Gasteiger partial charge in [0.2, 0.25) is 0 Å². The third kappa shape index (κ3) is 9.44. The van der Waals surface area contributed by atoms with Crippen LogP contribution >= 0.6 is 11.3 Å². The van der Waals surface area contributed by atoms with Crippen molar-refractivity contribution < 1.29 is 14.6 Å². The highest BCUT2D eigenvalue weighted by Crippen LogP contribution is 2.09. The zero-order valence-corrected chi connectivity index (χ0v) is 13.2. The lowest BCUT2D eigenvalue weighted by atomic mass is 10.3. The van der Waals surface area contributed by atoms with Gasteiger partial charge in [-0.25, -0.2) is 0 Å². The number of aliphatic hydroxyl groups excluding tert-OH is 1. The Labute approximate surface area is 126 Å². The maximum Gasteiger partial charge on any atom is 0.0897 e. The van der Waals surface area contributed by atoms with Crippen LogP contribution in [-0.2, 0) is 16.1 Å². The lowest BCUT2D eigenvalue weighted by Gasteiger charge is -2.12. The largest absolute Gasteiger partial charge is 0.389 e. The number of aliphatic hydroxyl groups is 1. The summed E-state index contributed by atoms with van der Waals surface area (Å²) >= 11 is 1.67. The Bertz CT molecular complexity index is 306. The number of hydrogen-bond acceptors (Lipinski definition) is 5. The van der Waals surface area contributed by atoms with Gasteiger partial charge in [0, 0.05) is 24.6 Å². The zero-order valence-electron chi connectivity index (χ0n) is 12.3. The van der Waals surface area contributed by atoms with E-state index in [9.17, 15) is 5.11 Å². The van der Waals surface area contributed by atoms with E-state index in [0.717, 1.165) is 32.6 Å². The van der Waals surface area contributed by atoms with Crippen molar-refractivity contribution in [2.24, 2.45) is 0 Å². The van der Waals surface area contributed by atoms with E-state index >= 15 is 0 Å². The van der Waals surface area contributed by atoms with Crippen molar-refractivity contribution >= 4 is 11.3 Å². The topological polar surface area (TPSA) is 50.7 Å². The molecule has 0 aromatic carbocycles. The van der Waals surface area contributed by atoms with Crippen LogP contribution in [0.15, 0.2) is 17.5 Å². The predicted molar refractivity (Wildman–Crippen MR) is 83.2 cm³/mol. The van der Waals surface area contributed by atoms with Crippen LogP contribution in [0.5, 0.6) is 0 Å². The van der Waals surface area contributed by atoms with Gasteiger partial charge >= 0.3 is 0 Å². The molecule has 0 fully saturated rings. The quantitative estimate of drug-likeness (QED) is 0.549. The average Bonchev–Trinajstić information content (AvgIpc) is 2.95. The molecule has 0 aliphatic carbocycles. The standard InChI is InChI=1S/C15H27NO3S/c1-2-3-8-18-9-5-7-16-11-14(17)12-19-13-15-6-4-10-20-15/h4,6,10,14,16-17H,2-3,5,7-9,11-13H2,1H3. The Hall–Kier alpha value is -0.460.